The molecule has 2 nitrogen and oxygen atoms in total. The summed E-state index contributed by atoms with van der Waals surface area (Å²) < 4.78 is 19.0. The fourth-order valence-electron chi connectivity index (χ4n) is 2.19. The van der Waals surface area contributed by atoms with Gasteiger partial charge in [0.05, 0.1) is 7.11 Å². The van der Waals surface area contributed by atoms with Crippen LogP contribution in [0.4, 0.5) is 4.39 Å². The third-order valence-corrected chi connectivity index (χ3v) is 4.89. The highest BCUT2D eigenvalue weighted by Crippen LogP contribution is 2.35. The van der Waals surface area contributed by atoms with Crippen LogP contribution in [0.2, 0.25) is 0 Å². The SMILES string of the molecule is COc1nccc(C2=CCC(CSI)CC2)c1F. The summed E-state index contributed by atoms with van der Waals surface area (Å²) in [6.45, 7) is 0. The van der Waals surface area contributed by atoms with Crippen LogP contribution in [0.25, 0.3) is 5.57 Å². The van der Waals surface area contributed by atoms with E-state index >= 15 is 0 Å². The van der Waals surface area contributed by atoms with Crippen LogP contribution in [-0.4, -0.2) is 17.8 Å². The molecule has 0 bridgehead atoms. The highest BCUT2D eigenvalue weighted by atomic mass is 127. The van der Waals surface area contributed by atoms with E-state index in [1.807, 2.05) is 8.93 Å². The average Bonchev–Trinajstić information content (AvgIpc) is 2.41. The van der Waals surface area contributed by atoms with Crippen molar-refractivity contribution in [1.82, 2.24) is 4.98 Å². The molecule has 0 saturated carbocycles. The molecule has 0 aliphatic heterocycles. The van der Waals surface area contributed by atoms with Gasteiger partial charge in [0.2, 0.25) is 0 Å². The molecule has 0 spiro atoms. The molecule has 0 saturated heterocycles. The second kappa shape index (κ2) is 6.75. The summed E-state index contributed by atoms with van der Waals surface area (Å²) in [5.74, 6) is 1.64. The third-order valence-electron chi connectivity index (χ3n) is 3.21. The second-order valence-corrected chi connectivity index (χ2v) is 6.75. The molecule has 0 fully saturated rings. The third kappa shape index (κ3) is 3.17. The lowest BCUT2D eigenvalue weighted by atomic mass is 9.88. The molecule has 0 radical (unpaired) electrons. The smallest absolute Gasteiger partial charge is 0.250 e. The molecular formula is C13H15FINOS. The van der Waals surface area contributed by atoms with Gasteiger partial charge in [0.1, 0.15) is 0 Å². The minimum Gasteiger partial charge on any atom is -0.479 e. The van der Waals surface area contributed by atoms with Gasteiger partial charge in [-0.1, -0.05) is 15.0 Å². The van der Waals surface area contributed by atoms with Crippen molar-refractivity contribution >= 4 is 35.7 Å². The van der Waals surface area contributed by atoms with E-state index in [2.05, 4.69) is 32.3 Å². The zero-order valence-electron chi connectivity index (χ0n) is 10.2. The molecule has 1 aliphatic rings. The maximum absolute atomic E-state index is 14.1. The summed E-state index contributed by atoms with van der Waals surface area (Å²) in [5, 5.41) is 0. The lowest BCUT2D eigenvalue weighted by molar-refractivity contribution is 0.368. The standard InChI is InChI=1S/C13H15FINOS/c1-17-13-12(14)11(6-7-16-13)10-4-2-9(3-5-10)8-18-15/h4,6-7,9H,2-3,5,8H2,1H3. The van der Waals surface area contributed by atoms with Gasteiger partial charge in [-0.05, 0) is 58.0 Å². The monoisotopic (exact) mass is 379 g/mol. The minimum atomic E-state index is -0.340. The Morgan fingerprint density at radius 1 is 1.61 bits per heavy atom. The van der Waals surface area contributed by atoms with E-state index in [0.717, 1.165) is 30.8 Å². The Bertz CT molecular complexity index is 453. The van der Waals surface area contributed by atoms with E-state index < -0.39 is 0 Å². The first-order valence-electron chi connectivity index (χ1n) is 5.87. The number of pyridine rings is 1. The zero-order valence-corrected chi connectivity index (χ0v) is 13.1. The molecule has 1 aliphatic carbocycles. The lowest BCUT2D eigenvalue weighted by Gasteiger charge is -2.21. The van der Waals surface area contributed by atoms with Crippen molar-refractivity contribution < 1.29 is 9.13 Å². The van der Waals surface area contributed by atoms with Crippen LogP contribution in [-0.2, 0) is 0 Å². The van der Waals surface area contributed by atoms with E-state index in [9.17, 15) is 4.39 Å². The number of allylic oxidation sites excluding steroid dienone is 2. The van der Waals surface area contributed by atoms with Crippen molar-refractivity contribution in [1.29, 1.82) is 0 Å². The molecule has 1 aromatic heterocycles. The number of ether oxygens (including phenoxy) is 1. The van der Waals surface area contributed by atoms with Crippen molar-refractivity contribution in [2.75, 3.05) is 12.9 Å². The van der Waals surface area contributed by atoms with Gasteiger partial charge in [-0.3, -0.25) is 0 Å². The largest absolute Gasteiger partial charge is 0.479 e. The van der Waals surface area contributed by atoms with Crippen molar-refractivity contribution in [3.05, 3.63) is 29.7 Å². The second-order valence-electron chi connectivity index (χ2n) is 4.33. The van der Waals surface area contributed by atoms with Gasteiger partial charge in [0, 0.05) is 17.5 Å². The van der Waals surface area contributed by atoms with Gasteiger partial charge >= 0.3 is 0 Å². The Labute approximate surface area is 123 Å². The van der Waals surface area contributed by atoms with Gasteiger partial charge in [0.25, 0.3) is 5.88 Å². The number of halogens is 2. The first kappa shape index (κ1) is 14.1. The summed E-state index contributed by atoms with van der Waals surface area (Å²) >= 11 is 2.33. The van der Waals surface area contributed by atoms with Crippen LogP contribution < -0.4 is 4.74 Å². The summed E-state index contributed by atoms with van der Waals surface area (Å²) in [6.07, 6.45) is 6.87. The van der Waals surface area contributed by atoms with E-state index in [-0.39, 0.29) is 11.7 Å². The Balaban J connectivity index is 2.18. The highest BCUT2D eigenvalue weighted by molar-refractivity contribution is 14.2. The first-order valence-corrected chi connectivity index (χ1v) is 9.40. The molecule has 5 heteroatoms. The fraction of sp³-hybridized carbons (Fsp3) is 0.462. The summed E-state index contributed by atoms with van der Waals surface area (Å²) in [5.41, 5.74) is 1.73. The number of aromatic nitrogens is 1. The van der Waals surface area contributed by atoms with Gasteiger partial charge in [-0.2, -0.15) is 0 Å². The molecule has 0 aromatic carbocycles. The predicted octanol–water partition coefficient (Wildman–Crippen LogP) is 4.50. The molecule has 98 valence electrons. The Morgan fingerprint density at radius 3 is 3.06 bits per heavy atom. The van der Waals surface area contributed by atoms with E-state index in [1.54, 1.807) is 12.3 Å². The zero-order chi connectivity index (χ0) is 13.0. The van der Waals surface area contributed by atoms with Gasteiger partial charge in [-0.15, -0.1) is 0 Å². The maximum atomic E-state index is 14.1. The number of hydrogen-bond acceptors (Lipinski definition) is 3. The fourth-order valence-corrected chi connectivity index (χ4v) is 4.19. The summed E-state index contributed by atoms with van der Waals surface area (Å²) in [4.78, 5) is 3.87. The Kier molecular flexibility index (Phi) is 5.29. The summed E-state index contributed by atoms with van der Waals surface area (Å²) in [7, 11) is 3.29. The van der Waals surface area contributed by atoms with Gasteiger partial charge in [-0.25, -0.2) is 9.37 Å². The quantitative estimate of drug-likeness (QED) is 0.720. The highest BCUT2D eigenvalue weighted by Gasteiger charge is 2.19. The average molecular weight is 379 g/mol. The number of methoxy groups -OCH3 is 1. The van der Waals surface area contributed by atoms with Crippen LogP contribution in [0.5, 0.6) is 5.88 Å². The molecule has 1 unspecified atom stereocenters. The van der Waals surface area contributed by atoms with Crippen LogP contribution in [0.3, 0.4) is 0 Å². The molecule has 2 rings (SSSR count). The Morgan fingerprint density at radius 2 is 2.44 bits per heavy atom. The van der Waals surface area contributed by atoms with Crippen LogP contribution >= 0.6 is 30.1 Å². The van der Waals surface area contributed by atoms with E-state index in [1.165, 1.54) is 12.9 Å². The minimum absolute atomic E-state index is 0.0818. The van der Waals surface area contributed by atoms with Crippen LogP contribution in [0, 0.1) is 11.7 Å². The van der Waals surface area contributed by atoms with E-state index in [4.69, 9.17) is 4.74 Å². The molecule has 18 heavy (non-hydrogen) atoms. The number of nitrogens with zero attached hydrogens (tertiary/aromatic N) is 1. The van der Waals surface area contributed by atoms with Gasteiger partial charge in [0.15, 0.2) is 5.82 Å². The Hall–Kier alpha value is -0.300. The van der Waals surface area contributed by atoms with Crippen molar-refractivity contribution in [2.45, 2.75) is 19.3 Å². The molecular weight excluding hydrogens is 364 g/mol. The van der Waals surface area contributed by atoms with Crippen molar-refractivity contribution in [3.8, 4) is 5.88 Å². The maximum Gasteiger partial charge on any atom is 0.250 e. The van der Waals surface area contributed by atoms with E-state index in [0.29, 0.717) is 5.56 Å². The van der Waals surface area contributed by atoms with Crippen molar-refractivity contribution in [2.24, 2.45) is 5.92 Å². The molecule has 1 aromatic rings. The van der Waals surface area contributed by atoms with Crippen LogP contribution in [0.15, 0.2) is 18.3 Å². The van der Waals surface area contributed by atoms with Crippen LogP contribution in [0.1, 0.15) is 24.8 Å². The predicted molar refractivity (Wildman–Crippen MR) is 82.5 cm³/mol. The normalized spacial score (nSPS) is 19.5. The topological polar surface area (TPSA) is 22.1 Å². The number of rotatable bonds is 4. The van der Waals surface area contributed by atoms with Gasteiger partial charge < -0.3 is 4.74 Å². The molecule has 0 amide bonds. The number of hydrogen-bond donors (Lipinski definition) is 0. The molecule has 0 N–H and O–H groups in total. The summed E-state index contributed by atoms with van der Waals surface area (Å²) in [6, 6.07) is 1.73. The molecule has 1 heterocycles. The van der Waals surface area contributed by atoms with Crippen molar-refractivity contribution in [3.63, 3.8) is 0 Å². The first-order chi connectivity index (χ1) is 8.76. The molecule has 1 atom stereocenters. The lowest BCUT2D eigenvalue weighted by Crippen LogP contribution is -2.08.